The first kappa shape index (κ1) is 17.1. The number of esters is 1. The molecule has 6 nitrogen and oxygen atoms in total. The van der Waals surface area contributed by atoms with Crippen molar-refractivity contribution >= 4 is 11.9 Å². The van der Waals surface area contributed by atoms with Crippen LogP contribution in [0.4, 0.5) is 0 Å². The zero-order valence-electron chi connectivity index (χ0n) is 13.8. The summed E-state index contributed by atoms with van der Waals surface area (Å²) in [7, 11) is 2.99. The smallest absolute Gasteiger partial charge is 0.308 e. The Kier molecular flexibility index (Phi) is 5.84. The Morgan fingerprint density at radius 2 is 1.65 bits per heavy atom. The van der Waals surface area contributed by atoms with Gasteiger partial charge >= 0.3 is 5.97 Å². The molecule has 0 radical (unpaired) electrons. The van der Waals surface area contributed by atoms with E-state index in [1.165, 1.54) is 7.11 Å². The zero-order valence-corrected chi connectivity index (χ0v) is 13.8. The molecule has 126 valence electrons. The van der Waals surface area contributed by atoms with Crippen LogP contribution >= 0.6 is 0 Å². The molecule has 1 aliphatic heterocycles. The molecular formula is C17H23NO5. The molecule has 0 saturated carbocycles. The molecule has 1 atom stereocenters. The molecule has 1 aromatic rings. The van der Waals surface area contributed by atoms with E-state index in [1.807, 2.05) is 0 Å². The maximum atomic E-state index is 12.4. The van der Waals surface area contributed by atoms with Crippen LogP contribution in [0.2, 0.25) is 0 Å². The first-order valence-corrected chi connectivity index (χ1v) is 7.72. The van der Waals surface area contributed by atoms with Gasteiger partial charge < -0.3 is 19.1 Å². The van der Waals surface area contributed by atoms with Gasteiger partial charge in [0.1, 0.15) is 11.5 Å². The number of hydrogen-bond donors (Lipinski definition) is 0. The van der Waals surface area contributed by atoms with E-state index in [1.54, 1.807) is 43.2 Å². The molecule has 1 saturated heterocycles. The molecule has 0 bridgehead atoms. The molecule has 0 aliphatic carbocycles. The molecule has 1 fully saturated rings. The number of likely N-dealkylation sites (tertiary alicyclic amines) is 1. The van der Waals surface area contributed by atoms with Crippen LogP contribution in [0.3, 0.4) is 0 Å². The third-order valence-corrected chi connectivity index (χ3v) is 4.06. The summed E-state index contributed by atoms with van der Waals surface area (Å²) in [5, 5.41) is 0. The SMILES string of the molecule is COC(=O)C1CCN(C(=O)C(C)Oc2ccc(OC)cc2)CC1. The molecule has 1 heterocycles. The van der Waals surface area contributed by atoms with Gasteiger partial charge in [-0.1, -0.05) is 0 Å². The maximum absolute atomic E-state index is 12.4. The maximum Gasteiger partial charge on any atom is 0.308 e. The van der Waals surface area contributed by atoms with Crippen LogP contribution in [0.5, 0.6) is 11.5 Å². The van der Waals surface area contributed by atoms with Crippen molar-refractivity contribution in [3.05, 3.63) is 24.3 Å². The van der Waals surface area contributed by atoms with Crippen molar-refractivity contribution < 1.29 is 23.8 Å². The lowest BCUT2D eigenvalue weighted by Gasteiger charge is -2.32. The molecule has 2 rings (SSSR count). The van der Waals surface area contributed by atoms with Crippen molar-refractivity contribution in [2.24, 2.45) is 5.92 Å². The third kappa shape index (κ3) is 4.37. The largest absolute Gasteiger partial charge is 0.497 e. The molecular weight excluding hydrogens is 298 g/mol. The molecule has 1 aliphatic rings. The fraction of sp³-hybridized carbons (Fsp3) is 0.529. The third-order valence-electron chi connectivity index (χ3n) is 4.06. The fourth-order valence-electron chi connectivity index (χ4n) is 2.67. The first-order chi connectivity index (χ1) is 11.0. The van der Waals surface area contributed by atoms with Gasteiger partial charge in [0.25, 0.3) is 5.91 Å². The van der Waals surface area contributed by atoms with Gasteiger partial charge in [0, 0.05) is 13.1 Å². The number of nitrogens with zero attached hydrogens (tertiary/aromatic N) is 1. The van der Waals surface area contributed by atoms with E-state index < -0.39 is 6.10 Å². The number of carbonyl (C=O) groups excluding carboxylic acids is 2. The van der Waals surface area contributed by atoms with Gasteiger partial charge in [-0.15, -0.1) is 0 Å². The van der Waals surface area contributed by atoms with Crippen molar-refractivity contribution in [1.82, 2.24) is 4.90 Å². The highest BCUT2D eigenvalue weighted by Crippen LogP contribution is 2.21. The molecule has 1 amide bonds. The van der Waals surface area contributed by atoms with E-state index in [2.05, 4.69) is 0 Å². The van der Waals surface area contributed by atoms with E-state index in [9.17, 15) is 9.59 Å². The zero-order chi connectivity index (χ0) is 16.8. The Bertz CT molecular complexity index is 534. The monoisotopic (exact) mass is 321 g/mol. The predicted octanol–water partition coefficient (Wildman–Crippen LogP) is 1.87. The Hall–Kier alpha value is -2.24. The van der Waals surface area contributed by atoms with E-state index in [-0.39, 0.29) is 17.8 Å². The highest BCUT2D eigenvalue weighted by molar-refractivity contribution is 5.81. The summed E-state index contributed by atoms with van der Waals surface area (Å²) in [6.07, 6.45) is 0.694. The second-order valence-corrected chi connectivity index (χ2v) is 5.56. The average molecular weight is 321 g/mol. The lowest BCUT2D eigenvalue weighted by molar-refractivity contribution is -0.150. The standard InChI is InChI=1S/C17H23NO5/c1-12(23-15-6-4-14(21-2)5-7-15)16(19)18-10-8-13(9-11-18)17(20)22-3/h4-7,12-13H,8-11H2,1-3H3. The van der Waals surface area contributed by atoms with Crippen LogP contribution in [0.25, 0.3) is 0 Å². The summed E-state index contributed by atoms with van der Waals surface area (Å²) in [6, 6.07) is 7.11. The molecule has 23 heavy (non-hydrogen) atoms. The summed E-state index contributed by atoms with van der Waals surface area (Å²) in [6.45, 7) is 2.84. The van der Waals surface area contributed by atoms with Gasteiger partial charge in [-0.25, -0.2) is 0 Å². The van der Waals surface area contributed by atoms with Crippen molar-refractivity contribution in [3.8, 4) is 11.5 Å². The number of carbonyl (C=O) groups is 2. The minimum Gasteiger partial charge on any atom is -0.497 e. The second kappa shape index (κ2) is 7.85. The van der Waals surface area contributed by atoms with Crippen LogP contribution < -0.4 is 9.47 Å². The predicted molar refractivity (Wildman–Crippen MR) is 84.4 cm³/mol. The number of piperidine rings is 1. The van der Waals surface area contributed by atoms with Crippen LogP contribution in [-0.2, 0) is 14.3 Å². The summed E-state index contributed by atoms with van der Waals surface area (Å²) >= 11 is 0. The Morgan fingerprint density at radius 3 is 2.17 bits per heavy atom. The average Bonchev–Trinajstić information content (AvgIpc) is 2.61. The van der Waals surface area contributed by atoms with Gasteiger partial charge in [0.2, 0.25) is 0 Å². The highest BCUT2D eigenvalue weighted by atomic mass is 16.5. The quantitative estimate of drug-likeness (QED) is 0.775. The van der Waals surface area contributed by atoms with Gasteiger partial charge in [0.05, 0.1) is 20.1 Å². The summed E-state index contributed by atoms with van der Waals surface area (Å²) in [5.74, 6) is 0.989. The lowest BCUT2D eigenvalue weighted by atomic mass is 9.97. The van der Waals surface area contributed by atoms with Gasteiger partial charge in [-0.3, -0.25) is 9.59 Å². The van der Waals surface area contributed by atoms with Crippen LogP contribution in [-0.4, -0.2) is 50.2 Å². The van der Waals surface area contributed by atoms with Gasteiger partial charge in [-0.2, -0.15) is 0 Å². The van der Waals surface area contributed by atoms with E-state index in [0.29, 0.717) is 31.7 Å². The van der Waals surface area contributed by atoms with E-state index in [4.69, 9.17) is 14.2 Å². The molecule has 6 heteroatoms. The van der Waals surface area contributed by atoms with E-state index in [0.717, 1.165) is 5.75 Å². The van der Waals surface area contributed by atoms with Crippen LogP contribution in [0.1, 0.15) is 19.8 Å². The second-order valence-electron chi connectivity index (χ2n) is 5.56. The van der Waals surface area contributed by atoms with Crippen LogP contribution in [0, 0.1) is 5.92 Å². The number of hydrogen-bond acceptors (Lipinski definition) is 5. The molecule has 0 spiro atoms. The number of methoxy groups -OCH3 is 2. The lowest BCUT2D eigenvalue weighted by Crippen LogP contribution is -2.45. The summed E-state index contributed by atoms with van der Waals surface area (Å²) < 4.78 is 15.5. The topological polar surface area (TPSA) is 65.1 Å². The minimum atomic E-state index is -0.571. The normalized spacial score (nSPS) is 16.6. The molecule has 1 aromatic carbocycles. The number of benzene rings is 1. The summed E-state index contributed by atoms with van der Waals surface area (Å²) in [5.41, 5.74) is 0. The van der Waals surface area contributed by atoms with Crippen molar-refractivity contribution in [1.29, 1.82) is 0 Å². The number of amides is 1. The number of ether oxygens (including phenoxy) is 3. The van der Waals surface area contributed by atoms with Gasteiger partial charge in [-0.05, 0) is 44.0 Å². The molecule has 0 aromatic heterocycles. The van der Waals surface area contributed by atoms with Crippen molar-refractivity contribution in [2.45, 2.75) is 25.9 Å². The fourth-order valence-corrected chi connectivity index (χ4v) is 2.67. The first-order valence-electron chi connectivity index (χ1n) is 7.72. The van der Waals surface area contributed by atoms with Gasteiger partial charge in [0.15, 0.2) is 6.10 Å². The molecule has 1 unspecified atom stereocenters. The Labute approximate surface area is 136 Å². The van der Waals surface area contributed by atoms with Crippen molar-refractivity contribution in [3.63, 3.8) is 0 Å². The summed E-state index contributed by atoms with van der Waals surface area (Å²) in [4.78, 5) is 25.7. The minimum absolute atomic E-state index is 0.0656. The Balaban J connectivity index is 1.86. The Morgan fingerprint density at radius 1 is 1.09 bits per heavy atom. The van der Waals surface area contributed by atoms with Crippen molar-refractivity contribution in [2.75, 3.05) is 27.3 Å². The number of rotatable bonds is 5. The van der Waals surface area contributed by atoms with Crippen LogP contribution in [0.15, 0.2) is 24.3 Å². The van der Waals surface area contributed by atoms with E-state index >= 15 is 0 Å². The molecule has 0 N–H and O–H groups in total. The highest BCUT2D eigenvalue weighted by Gasteiger charge is 2.30.